The molecule has 3 aromatic rings. The first-order valence-electron chi connectivity index (χ1n) is 12.7. The van der Waals surface area contributed by atoms with E-state index in [0.717, 1.165) is 0 Å². The SMILES string of the molecule is Cn1nnc(-c2ccc(N3CCC[C@H](CC(=O)O)C3)c(C(F)(F)F)n2)c1COc1nccc(C2CC(F)(F)C2)n1. The standard InChI is InChI=1S/C25H26F5N7O3/c1-36-19(13-40-23-31-7-6-16(33-23)15-10-24(26,27)11-15)21(34-35-36)17-4-5-18(22(32-17)25(28,29)30)37-8-2-3-14(12-37)9-20(38)39/h4-7,14-15H,2-3,8-13H2,1H3,(H,38,39)/t14-/m1/s1. The molecule has 1 saturated heterocycles. The molecule has 15 heteroatoms. The van der Waals surface area contributed by atoms with Crippen LogP contribution in [-0.4, -0.2) is 60.0 Å². The Morgan fingerprint density at radius 3 is 2.67 bits per heavy atom. The molecule has 0 spiro atoms. The third-order valence-corrected chi connectivity index (χ3v) is 7.15. The number of aliphatic carboxylic acids is 1. The number of piperidine rings is 1. The minimum absolute atomic E-state index is 0.0664. The minimum atomic E-state index is -4.78. The van der Waals surface area contributed by atoms with Gasteiger partial charge in [0, 0.05) is 51.5 Å². The van der Waals surface area contributed by atoms with Crippen LogP contribution in [0.15, 0.2) is 24.4 Å². The number of carboxylic acids is 1. The summed E-state index contributed by atoms with van der Waals surface area (Å²) in [5, 5.41) is 17.0. The van der Waals surface area contributed by atoms with Gasteiger partial charge in [0.2, 0.25) is 5.92 Å². The molecule has 0 bridgehead atoms. The second-order valence-electron chi connectivity index (χ2n) is 10.1. The molecule has 0 aromatic carbocycles. The number of pyridine rings is 1. The van der Waals surface area contributed by atoms with Gasteiger partial charge in [0.15, 0.2) is 5.69 Å². The van der Waals surface area contributed by atoms with Gasteiger partial charge in [0.25, 0.3) is 0 Å². The van der Waals surface area contributed by atoms with E-state index in [9.17, 15) is 26.7 Å². The van der Waals surface area contributed by atoms with E-state index in [1.807, 2.05) is 0 Å². The molecule has 1 aliphatic carbocycles. The fourth-order valence-corrected chi connectivity index (χ4v) is 5.14. The quantitative estimate of drug-likeness (QED) is 0.393. The van der Waals surface area contributed by atoms with Crippen LogP contribution < -0.4 is 9.64 Å². The Balaban J connectivity index is 1.37. The van der Waals surface area contributed by atoms with Crippen molar-refractivity contribution in [3.05, 3.63) is 41.5 Å². The Morgan fingerprint density at radius 1 is 1.20 bits per heavy atom. The number of ether oxygens (including phenoxy) is 1. The first kappa shape index (κ1) is 27.6. The average molecular weight is 568 g/mol. The van der Waals surface area contributed by atoms with Crippen LogP contribution in [0, 0.1) is 5.92 Å². The van der Waals surface area contributed by atoms with Crippen LogP contribution in [0.2, 0.25) is 0 Å². The highest BCUT2D eigenvalue weighted by molar-refractivity contribution is 5.67. The Morgan fingerprint density at radius 2 is 1.98 bits per heavy atom. The summed E-state index contributed by atoms with van der Waals surface area (Å²) in [5.74, 6) is -4.37. The maximum absolute atomic E-state index is 14.2. The van der Waals surface area contributed by atoms with Crippen molar-refractivity contribution in [1.29, 1.82) is 0 Å². The van der Waals surface area contributed by atoms with Crippen molar-refractivity contribution in [2.45, 2.75) is 56.7 Å². The molecule has 10 nitrogen and oxygen atoms in total. The lowest BCUT2D eigenvalue weighted by molar-refractivity contribution is -0.141. The van der Waals surface area contributed by atoms with Crippen LogP contribution in [0.1, 0.15) is 55.1 Å². The minimum Gasteiger partial charge on any atom is -0.481 e. The number of anilines is 1. The molecular weight excluding hydrogens is 541 g/mol. The van der Waals surface area contributed by atoms with Gasteiger partial charge in [-0.15, -0.1) is 5.10 Å². The van der Waals surface area contributed by atoms with Crippen LogP contribution in [0.4, 0.5) is 27.6 Å². The molecule has 0 amide bonds. The van der Waals surface area contributed by atoms with Crippen LogP contribution in [0.5, 0.6) is 6.01 Å². The van der Waals surface area contributed by atoms with Crippen LogP contribution >= 0.6 is 0 Å². The number of hydrogen-bond donors (Lipinski definition) is 1. The summed E-state index contributed by atoms with van der Waals surface area (Å²) in [6, 6.07) is 4.20. The number of aromatic nitrogens is 6. The highest BCUT2D eigenvalue weighted by atomic mass is 19.4. The maximum Gasteiger partial charge on any atom is 0.435 e. The Labute approximate surface area is 225 Å². The smallest absolute Gasteiger partial charge is 0.435 e. The zero-order chi connectivity index (χ0) is 28.7. The van der Waals surface area contributed by atoms with Gasteiger partial charge in [-0.3, -0.25) is 4.79 Å². The van der Waals surface area contributed by atoms with E-state index >= 15 is 0 Å². The second kappa shape index (κ2) is 10.6. The van der Waals surface area contributed by atoms with Gasteiger partial charge in [-0.05, 0) is 37.0 Å². The summed E-state index contributed by atoms with van der Waals surface area (Å²) in [6.07, 6.45) is -2.93. The lowest BCUT2D eigenvalue weighted by atomic mass is 9.79. The first-order valence-corrected chi connectivity index (χ1v) is 12.7. The topological polar surface area (TPSA) is 119 Å². The van der Waals surface area contributed by atoms with E-state index in [-0.39, 0.29) is 61.4 Å². The summed E-state index contributed by atoms with van der Waals surface area (Å²) in [4.78, 5) is 24.8. The lowest BCUT2D eigenvalue weighted by Gasteiger charge is -2.35. The Kier molecular flexibility index (Phi) is 7.31. The van der Waals surface area contributed by atoms with Gasteiger partial charge < -0.3 is 14.7 Å². The van der Waals surface area contributed by atoms with Gasteiger partial charge >= 0.3 is 18.2 Å². The molecule has 40 heavy (non-hydrogen) atoms. The molecule has 1 N–H and O–H groups in total. The molecule has 1 aliphatic heterocycles. The predicted molar refractivity (Wildman–Crippen MR) is 130 cm³/mol. The summed E-state index contributed by atoms with van der Waals surface area (Å²) < 4.78 is 76.0. The highest BCUT2D eigenvalue weighted by Gasteiger charge is 2.46. The molecule has 3 aromatic heterocycles. The second-order valence-corrected chi connectivity index (χ2v) is 10.1. The largest absolute Gasteiger partial charge is 0.481 e. The number of hydrogen-bond acceptors (Lipinski definition) is 8. The van der Waals surface area contributed by atoms with Crippen LogP contribution in [0.25, 0.3) is 11.4 Å². The first-order chi connectivity index (χ1) is 18.9. The predicted octanol–water partition coefficient (Wildman–Crippen LogP) is 4.47. The molecule has 0 radical (unpaired) electrons. The molecule has 5 rings (SSSR count). The van der Waals surface area contributed by atoms with Crippen LogP contribution in [-0.2, 0) is 24.6 Å². The summed E-state index contributed by atoms with van der Waals surface area (Å²) in [7, 11) is 1.54. The summed E-state index contributed by atoms with van der Waals surface area (Å²) in [6.45, 7) is 0.317. The van der Waals surface area contributed by atoms with Gasteiger partial charge in [0.05, 0.1) is 17.1 Å². The Bertz CT molecular complexity index is 1390. The van der Waals surface area contributed by atoms with E-state index in [2.05, 4.69) is 25.3 Å². The zero-order valence-electron chi connectivity index (χ0n) is 21.4. The molecule has 1 atom stereocenters. The number of alkyl halides is 5. The molecule has 2 aliphatic rings. The molecule has 1 saturated carbocycles. The number of carboxylic acid groups (broad SMARTS) is 1. The van der Waals surface area contributed by atoms with E-state index < -0.39 is 29.7 Å². The van der Waals surface area contributed by atoms with E-state index in [0.29, 0.717) is 30.8 Å². The molecule has 0 unspecified atom stereocenters. The van der Waals surface area contributed by atoms with Crippen molar-refractivity contribution < 1.29 is 36.6 Å². The molecule has 2 fully saturated rings. The number of carbonyl (C=O) groups is 1. The number of rotatable bonds is 8. The summed E-state index contributed by atoms with van der Waals surface area (Å²) in [5.41, 5.74) is -0.511. The number of nitrogens with zero attached hydrogens (tertiary/aromatic N) is 7. The van der Waals surface area contributed by atoms with Gasteiger partial charge in [-0.1, -0.05) is 5.21 Å². The van der Waals surface area contributed by atoms with Gasteiger partial charge in [0.1, 0.15) is 18.0 Å². The van der Waals surface area contributed by atoms with Crippen molar-refractivity contribution >= 4 is 11.7 Å². The van der Waals surface area contributed by atoms with Crippen molar-refractivity contribution in [2.24, 2.45) is 13.0 Å². The van der Waals surface area contributed by atoms with E-state index in [1.165, 1.54) is 35.0 Å². The zero-order valence-corrected chi connectivity index (χ0v) is 21.4. The maximum atomic E-state index is 14.2. The summed E-state index contributed by atoms with van der Waals surface area (Å²) >= 11 is 0. The monoisotopic (exact) mass is 567 g/mol. The number of halogens is 5. The lowest BCUT2D eigenvalue weighted by Crippen LogP contribution is -2.37. The van der Waals surface area contributed by atoms with Gasteiger partial charge in [-0.2, -0.15) is 18.2 Å². The third kappa shape index (κ3) is 5.97. The van der Waals surface area contributed by atoms with E-state index in [4.69, 9.17) is 9.84 Å². The van der Waals surface area contributed by atoms with Gasteiger partial charge in [-0.25, -0.2) is 23.4 Å². The van der Waals surface area contributed by atoms with E-state index in [1.54, 1.807) is 6.07 Å². The molecular formula is C25H26F5N7O3. The normalized spacial score (nSPS) is 19.4. The molecule has 4 heterocycles. The molecule has 214 valence electrons. The van der Waals surface area contributed by atoms with Crippen molar-refractivity contribution in [2.75, 3.05) is 18.0 Å². The number of aryl methyl sites for hydroxylation is 1. The van der Waals surface area contributed by atoms with Crippen LogP contribution in [0.3, 0.4) is 0 Å². The fourth-order valence-electron chi connectivity index (χ4n) is 5.14. The average Bonchev–Trinajstić information content (AvgIpc) is 3.25. The van der Waals surface area contributed by atoms with Crippen molar-refractivity contribution in [1.82, 2.24) is 29.9 Å². The van der Waals surface area contributed by atoms with Crippen molar-refractivity contribution in [3.8, 4) is 17.4 Å². The Hall–Kier alpha value is -3.91. The fraction of sp³-hybridized carbons (Fsp3) is 0.520. The van der Waals surface area contributed by atoms with Crippen molar-refractivity contribution in [3.63, 3.8) is 0 Å². The third-order valence-electron chi connectivity index (χ3n) is 7.15. The highest BCUT2D eigenvalue weighted by Crippen LogP contribution is 2.47.